The van der Waals surface area contributed by atoms with Gasteiger partial charge in [-0.1, -0.05) is 152 Å². The van der Waals surface area contributed by atoms with E-state index in [4.69, 9.17) is 15.7 Å². The molecule has 1 aromatic heterocycles. The number of nitrogens with one attached hydrogen (secondary N) is 1. The van der Waals surface area contributed by atoms with Crippen molar-refractivity contribution in [2.24, 2.45) is 15.7 Å². The minimum atomic E-state index is 0.253. The van der Waals surface area contributed by atoms with E-state index in [9.17, 15) is 0 Å². The standard InChI is InChI=1S/C46H39N5/c1-2-16-36(51-42-27-12-10-25-38(42)40-29-28-39-37-24-9-11-26-41(37)49-43(39)44(40)51)23-13-14-30-48-46(50-45(47)33-19-7-4-8-20-33)35-22-15-21-34(31-35)32-17-5-3-6-18-32/h2-13,15-29,31,37,41,49H,1,14,30H2,(H2,47,48,50)/b23-13-,36-16+. The summed E-state index contributed by atoms with van der Waals surface area (Å²) < 4.78 is 2.37. The van der Waals surface area contributed by atoms with Gasteiger partial charge in [0.15, 0.2) is 5.84 Å². The number of hydrogen-bond acceptors (Lipinski definition) is 2. The summed E-state index contributed by atoms with van der Waals surface area (Å²) in [6, 6.07) is 42.0. The molecule has 6 aromatic rings. The Hall–Kier alpha value is -6.46. The van der Waals surface area contributed by atoms with E-state index in [1.165, 1.54) is 27.5 Å². The topological polar surface area (TPSA) is 67.7 Å². The second kappa shape index (κ2) is 14.2. The van der Waals surface area contributed by atoms with E-state index in [1.54, 1.807) is 0 Å². The van der Waals surface area contributed by atoms with Crippen LogP contribution >= 0.6 is 0 Å². The number of fused-ring (bicyclic) bond motifs is 7. The molecule has 1 aliphatic carbocycles. The van der Waals surface area contributed by atoms with Crippen molar-refractivity contribution in [2.75, 3.05) is 11.9 Å². The maximum atomic E-state index is 6.53. The van der Waals surface area contributed by atoms with Gasteiger partial charge >= 0.3 is 0 Å². The third-order valence-electron chi connectivity index (χ3n) is 9.59. The molecule has 2 unspecified atom stereocenters. The Morgan fingerprint density at radius 2 is 1.53 bits per heavy atom. The Morgan fingerprint density at radius 3 is 2.37 bits per heavy atom. The molecule has 0 radical (unpaired) electrons. The highest BCUT2D eigenvalue weighted by Crippen LogP contribution is 2.46. The molecule has 5 heteroatoms. The third-order valence-corrected chi connectivity index (χ3v) is 9.59. The average molecular weight is 662 g/mol. The minimum Gasteiger partial charge on any atom is -0.383 e. The summed E-state index contributed by atoms with van der Waals surface area (Å²) in [6.45, 7) is 4.62. The van der Waals surface area contributed by atoms with Crippen LogP contribution in [0.5, 0.6) is 0 Å². The molecule has 2 heterocycles. The number of amidine groups is 2. The lowest BCUT2D eigenvalue weighted by Crippen LogP contribution is -2.17. The van der Waals surface area contributed by atoms with Crippen molar-refractivity contribution < 1.29 is 0 Å². The van der Waals surface area contributed by atoms with Gasteiger partial charge in [-0.15, -0.1) is 0 Å². The molecule has 5 aromatic carbocycles. The predicted molar refractivity (Wildman–Crippen MR) is 217 cm³/mol. The number of aliphatic imine (C=N–C) groups is 2. The van der Waals surface area contributed by atoms with Crippen LogP contribution in [-0.4, -0.2) is 28.8 Å². The Morgan fingerprint density at radius 1 is 0.784 bits per heavy atom. The molecule has 8 rings (SSSR count). The first-order chi connectivity index (χ1) is 25.2. The molecule has 0 amide bonds. The largest absolute Gasteiger partial charge is 0.383 e. The Balaban J connectivity index is 1.13. The highest BCUT2D eigenvalue weighted by Gasteiger charge is 2.32. The number of nitrogens with zero attached hydrogens (tertiary/aromatic N) is 3. The number of nitrogens with two attached hydrogens (primary N) is 1. The molecule has 248 valence electrons. The van der Waals surface area contributed by atoms with E-state index in [-0.39, 0.29) is 6.04 Å². The molecular weight excluding hydrogens is 623 g/mol. The molecule has 2 atom stereocenters. The van der Waals surface area contributed by atoms with Crippen LogP contribution in [-0.2, 0) is 0 Å². The summed E-state index contributed by atoms with van der Waals surface area (Å²) in [6.07, 6.45) is 17.9. The van der Waals surface area contributed by atoms with Crippen LogP contribution in [0.1, 0.15) is 29.0 Å². The maximum Gasteiger partial charge on any atom is 0.157 e. The van der Waals surface area contributed by atoms with Crippen molar-refractivity contribution in [1.29, 1.82) is 0 Å². The van der Waals surface area contributed by atoms with Gasteiger partial charge in [0, 0.05) is 40.1 Å². The molecule has 5 nitrogen and oxygen atoms in total. The highest BCUT2D eigenvalue weighted by atomic mass is 15.0. The number of hydrogen-bond donors (Lipinski definition) is 2. The summed E-state index contributed by atoms with van der Waals surface area (Å²) in [5.41, 5.74) is 16.5. The van der Waals surface area contributed by atoms with Gasteiger partial charge in [0.2, 0.25) is 0 Å². The van der Waals surface area contributed by atoms with Gasteiger partial charge in [-0.3, -0.25) is 4.99 Å². The molecule has 0 bridgehead atoms. The first-order valence-electron chi connectivity index (χ1n) is 17.5. The van der Waals surface area contributed by atoms with E-state index in [1.807, 2.05) is 66.7 Å². The quantitative estimate of drug-likeness (QED) is 0.0701. The van der Waals surface area contributed by atoms with E-state index >= 15 is 0 Å². The first kappa shape index (κ1) is 31.8. The highest BCUT2D eigenvalue weighted by molar-refractivity contribution is 6.15. The van der Waals surface area contributed by atoms with Crippen LogP contribution in [0, 0.1) is 0 Å². The number of benzene rings is 5. The maximum absolute atomic E-state index is 6.53. The fourth-order valence-electron chi connectivity index (χ4n) is 7.20. The van der Waals surface area contributed by atoms with E-state index < -0.39 is 0 Å². The van der Waals surface area contributed by atoms with E-state index in [0.717, 1.165) is 33.5 Å². The Labute approximate surface area is 298 Å². The molecule has 0 saturated carbocycles. The van der Waals surface area contributed by atoms with Gasteiger partial charge in [-0.2, -0.15) is 0 Å². The van der Waals surface area contributed by atoms with E-state index in [2.05, 4.69) is 120 Å². The molecule has 1 aliphatic heterocycles. The molecular formula is C46H39N5. The summed E-state index contributed by atoms with van der Waals surface area (Å²) in [7, 11) is 0. The van der Waals surface area contributed by atoms with Crippen LogP contribution in [0.2, 0.25) is 0 Å². The minimum absolute atomic E-state index is 0.253. The second-order valence-electron chi connectivity index (χ2n) is 12.8. The second-order valence-corrected chi connectivity index (χ2v) is 12.8. The first-order valence-corrected chi connectivity index (χ1v) is 17.5. The molecule has 3 N–H and O–H groups in total. The van der Waals surface area contributed by atoms with Crippen molar-refractivity contribution in [1.82, 2.24) is 4.57 Å². The van der Waals surface area contributed by atoms with Crippen molar-refractivity contribution >= 4 is 44.9 Å². The fourth-order valence-corrected chi connectivity index (χ4v) is 7.20. The molecule has 51 heavy (non-hydrogen) atoms. The van der Waals surface area contributed by atoms with Crippen LogP contribution in [0.4, 0.5) is 5.69 Å². The van der Waals surface area contributed by atoms with Crippen molar-refractivity contribution in [3.8, 4) is 11.1 Å². The predicted octanol–water partition coefficient (Wildman–Crippen LogP) is 10.3. The fraction of sp³-hybridized carbons (Fsp3) is 0.0870. The number of rotatable bonds is 9. The van der Waals surface area contributed by atoms with Gasteiger partial charge in [0.25, 0.3) is 0 Å². The number of para-hydroxylation sites is 1. The number of aromatic nitrogens is 1. The van der Waals surface area contributed by atoms with Crippen molar-refractivity contribution in [2.45, 2.75) is 18.4 Å². The van der Waals surface area contributed by atoms with Crippen LogP contribution in [0.25, 0.3) is 38.6 Å². The molecule has 0 spiro atoms. The number of anilines is 1. The van der Waals surface area contributed by atoms with Gasteiger partial charge in [0.1, 0.15) is 5.84 Å². The zero-order chi connectivity index (χ0) is 34.6. The van der Waals surface area contributed by atoms with Gasteiger partial charge < -0.3 is 15.6 Å². The van der Waals surface area contributed by atoms with Crippen molar-refractivity contribution in [3.63, 3.8) is 0 Å². The SMILES string of the molecule is C=C/C=C(\C=C/CC/N=C(\N=C(/N)c1ccccc1)c1cccc(-c2ccccc2)c1)n1c2ccccc2c2ccc3c(c21)NC1C=CC=CC31. The third kappa shape index (κ3) is 6.26. The lowest BCUT2D eigenvalue weighted by Gasteiger charge is -2.15. The smallest absolute Gasteiger partial charge is 0.157 e. The van der Waals surface area contributed by atoms with Gasteiger partial charge in [0.05, 0.1) is 22.8 Å². The zero-order valence-electron chi connectivity index (χ0n) is 28.4. The van der Waals surface area contributed by atoms with Crippen LogP contribution < -0.4 is 11.1 Å². The zero-order valence-corrected chi connectivity index (χ0v) is 28.4. The monoisotopic (exact) mass is 661 g/mol. The lowest BCUT2D eigenvalue weighted by atomic mass is 9.91. The van der Waals surface area contributed by atoms with Crippen LogP contribution in [0.15, 0.2) is 186 Å². The molecule has 0 saturated heterocycles. The van der Waals surface area contributed by atoms with Gasteiger partial charge in [-0.25, -0.2) is 4.99 Å². The lowest BCUT2D eigenvalue weighted by molar-refractivity contribution is 0.805. The Bertz CT molecular complexity index is 2420. The summed E-state index contributed by atoms with van der Waals surface area (Å²) in [5, 5.41) is 6.30. The summed E-state index contributed by atoms with van der Waals surface area (Å²) in [4.78, 5) is 9.88. The van der Waals surface area contributed by atoms with Crippen molar-refractivity contribution in [3.05, 3.63) is 193 Å². The Kier molecular flexibility index (Phi) is 8.84. The molecule has 0 fully saturated rings. The summed E-state index contributed by atoms with van der Waals surface area (Å²) >= 11 is 0. The summed E-state index contributed by atoms with van der Waals surface area (Å²) in [5.74, 6) is 1.37. The van der Waals surface area contributed by atoms with Gasteiger partial charge in [-0.05, 0) is 47.4 Å². The van der Waals surface area contributed by atoms with Crippen LogP contribution in [0.3, 0.4) is 0 Å². The number of allylic oxidation sites excluding steroid dienone is 6. The average Bonchev–Trinajstić information content (AvgIpc) is 3.74. The van der Waals surface area contributed by atoms with E-state index in [0.29, 0.717) is 30.6 Å². The normalized spacial score (nSPS) is 17.2. The molecule has 2 aliphatic rings.